The Kier molecular flexibility index (Phi) is 5.30. The van der Waals surface area contributed by atoms with Crippen molar-refractivity contribution in [3.8, 4) is 11.8 Å². The van der Waals surface area contributed by atoms with Crippen LogP contribution in [0.15, 0.2) is 39.9 Å². The molecule has 7 nitrogen and oxygen atoms in total. The van der Waals surface area contributed by atoms with Gasteiger partial charge in [0, 0.05) is 11.8 Å². The Labute approximate surface area is 185 Å². The molecular weight excluding hydrogens is 438 g/mol. The molecule has 1 N–H and O–H groups in total. The lowest BCUT2D eigenvalue weighted by atomic mass is 9.92. The van der Waals surface area contributed by atoms with Crippen molar-refractivity contribution in [2.45, 2.75) is 44.8 Å². The van der Waals surface area contributed by atoms with E-state index in [0.717, 1.165) is 22.3 Å². The van der Waals surface area contributed by atoms with Gasteiger partial charge in [0.2, 0.25) is 0 Å². The molecule has 0 saturated carbocycles. The molecule has 3 heterocycles. The average molecular weight is 458 g/mol. The lowest BCUT2D eigenvalue weighted by Crippen LogP contribution is -2.15. The third-order valence-corrected chi connectivity index (χ3v) is 6.89. The van der Waals surface area contributed by atoms with Gasteiger partial charge in [0.15, 0.2) is 0 Å². The first kappa shape index (κ1) is 21.4. The van der Waals surface area contributed by atoms with Crippen LogP contribution in [0.1, 0.15) is 47.5 Å². The number of halogens is 1. The minimum atomic E-state index is -4.05. The molecule has 0 unspecified atom stereocenters. The minimum absolute atomic E-state index is 0.0879. The molecule has 9 heteroatoms. The van der Waals surface area contributed by atoms with Crippen molar-refractivity contribution in [1.29, 1.82) is 0 Å². The topological polar surface area (TPSA) is 94.3 Å². The van der Waals surface area contributed by atoms with Crippen molar-refractivity contribution < 1.29 is 17.7 Å². The fraction of sp³-hybridized carbons (Fsp3) is 0.273. The van der Waals surface area contributed by atoms with Gasteiger partial charge in [-0.25, -0.2) is 18.1 Å². The number of aromatic nitrogens is 2. The third kappa shape index (κ3) is 4.04. The van der Waals surface area contributed by atoms with Crippen LogP contribution < -0.4 is 4.72 Å². The van der Waals surface area contributed by atoms with Crippen molar-refractivity contribution in [3.63, 3.8) is 0 Å². The number of fused-ring (bicyclic) bond motifs is 1. The van der Waals surface area contributed by atoms with Crippen molar-refractivity contribution in [3.05, 3.63) is 69.1 Å². The van der Waals surface area contributed by atoms with Crippen molar-refractivity contribution in [1.82, 2.24) is 10.1 Å². The molecule has 1 aliphatic rings. The number of pyridine rings is 1. The fourth-order valence-electron chi connectivity index (χ4n) is 3.35. The van der Waals surface area contributed by atoms with Gasteiger partial charge in [-0.15, -0.1) is 0 Å². The van der Waals surface area contributed by atoms with Gasteiger partial charge >= 0.3 is 0 Å². The zero-order valence-corrected chi connectivity index (χ0v) is 19.0. The standard InChI is InChI=1S/C22H20ClN3O4S/c1-13-10-16-12-29-22(3,4)17(16)11-15(13)7-8-18-19(6-5-9-24-18)31(27,28)26-21-20(23)14(2)25-30-21/h5-6,9-11,26H,12H2,1-4H3. The second-order valence-corrected chi connectivity index (χ2v) is 9.77. The Morgan fingerprint density at radius 2 is 2.00 bits per heavy atom. The molecule has 0 amide bonds. The highest BCUT2D eigenvalue weighted by molar-refractivity contribution is 7.92. The van der Waals surface area contributed by atoms with Crippen molar-refractivity contribution in [2.24, 2.45) is 0 Å². The lowest BCUT2D eigenvalue weighted by molar-refractivity contribution is -0.00790. The normalized spacial score (nSPS) is 14.6. The molecule has 3 aromatic rings. The molecule has 1 aromatic carbocycles. The Bertz CT molecular complexity index is 1350. The van der Waals surface area contributed by atoms with E-state index in [9.17, 15) is 8.42 Å². The number of nitrogens with one attached hydrogen (secondary N) is 1. The summed E-state index contributed by atoms with van der Waals surface area (Å²) in [6.45, 7) is 8.15. The van der Waals surface area contributed by atoms with E-state index in [2.05, 4.69) is 32.8 Å². The van der Waals surface area contributed by atoms with E-state index in [4.69, 9.17) is 20.9 Å². The fourth-order valence-corrected chi connectivity index (χ4v) is 4.63. The third-order valence-electron chi connectivity index (χ3n) is 5.08. The quantitative estimate of drug-likeness (QED) is 0.589. The predicted octanol–water partition coefficient (Wildman–Crippen LogP) is 4.31. The molecule has 1 aliphatic heterocycles. The van der Waals surface area contributed by atoms with E-state index in [-0.39, 0.29) is 21.5 Å². The van der Waals surface area contributed by atoms with Gasteiger partial charge in [0.25, 0.3) is 15.9 Å². The van der Waals surface area contributed by atoms with Gasteiger partial charge in [-0.1, -0.05) is 28.7 Å². The summed E-state index contributed by atoms with van der Waals surface area (Å²) >= 11 is 6.03. The number of anilines is 1. The second kappa shape index (κ2) is 7.68. The highest BCUT2D eigenvalue weighted by atomic mass is 35.5. The minimum Gasteiger partial charge on any atom is -0.366 e. The first-order chi connectivity index (χ1) is 14.6. The van der Waals surface area contributed by atoms with Crippen LogP contribution in [-0.4, -0.2) is 18.6 Å². The molecule has 31 heavy (non-hydrogen) atoms. The summed E-state index contributed by atoms with van der Waals surface area (Å²) in [5.74, 6) is 5.81. The number of benzene rings is 1. The number of ether oxygens (including phenoxy) is 1. The highest BCUT2D eigenvalue weighted by Gasteiger charge is 2.31. The monoisotopic (exact) mass is 457 g/mol. The van der Waals surface area contributed by atoms with Crippen LogP contribution >= 0.6 is 11.6 Å². The van der Waals surface area contributed by atoms with E-state index in [1.807, 2.05) is 26.8 Å². The number of sulfonamides is 1. The maximum Gasteiger partial charge on any atom is 0.267 e. The molecule has 160 valence electrons. The average Bonchev–Trinajstić information content (AvgIpc) is 3.18. The number of aryl methyl sites for hydroxylation is 2. The molecule has 0 radical (unpaired) electrons. The van der Waals surface area contributed by atoms with Crippen molar-refractivity contribution in [2.75, 3.05) is 4.72 Å². The van der Waals surface area contributed by atoms with Crippen LogP contribution in [0.2, 0.25) is 5.02 Å². The van der Waals surface area contributed by atoms with Gasteiger partial charge in [-0.2, -0.15) is 0 Å². The molecule has 0 saturated heterocycles. The molecule has 0 bridgehead atoms. The van der Waals surface area contributed by atoms with Crippen LogP contribution in [0.3, 0.4) is 0 Å². The summed E-state index contributed by atoms with van der Waals surface area (Å²) in [6.07, 6.45) is 1.49. The molecular formula is C22H20ClN3O4S. The van der Waals surface area contributed by atoms with E-state index < -0.39 is 15.6 Å². The molecule has 0 spiro atoms. The number of hydrogen-bond donors (Lipinski definition) is 1. The Hall–Kier alpha value is -2.86. The largest absolute Gasteiger partial charge is 0.366 e. The summed E-state index contributed by atoms with van der Waals surface area (Å²) < 4.78 is 38.9. The summed E-state index contributed by atoms with van der Waals surface area (Å²) in [7, 11) is -4.05. The zero-order chi connectivity index (χ0) is 22.4. The van der Waals surface area contributed by atoms with Gasteiger partial charge in [0.1, 0.15) is 21.3 Å². The molecule has 0 fully saturated rings. The summed E-state index contributed by atoms with van der Waals surface area (Å²) in [5.41, 5.74) is 4.08. The van der Waals surface area contributed by atoms with E-state index in [1.54, 1.807) is 6.92 Å². The number of rotatable bonds is 3. The van der Waals surface area contributed by atoms with Gasteiger partial charge in [0.05, 0.1) is 12.2 Å². The smallest absolute Gasteiger partial charge is 0.267 e. The van der Waals surface area contributed by atoms with Crippen LogP contribution in [-0.2, 0) is 27.0 Å². The van der Waals surface area contributed by atoms with Crippen LogP contribution in [0, 0.1) is 25.7 Å². The Morgan fingerprint density at radius 1 is 1.23 bits per heavy atom. The number of hydrogen-bond acceptors (Lipinski definition) is 6. The maximum atomic E-state index is 12.9. The molecule has 2 aromatic heterocycles. The Balaban J connectivity index is 1.72. The Morgan fingerprint density at radius 3 is 2.71 bits per heavy atom. The SMILES string of the molecule is Cc1cc2c(cc1C#Cc1ncccc1S(=O)(=O)Nc1onc(C)c1Cl)C(C)(C)OC2. The highest BCUT2D eigenvalue weighted by Crippen LogP contribution is 2.37. The molecule has 4 rings (SSSR count). The van der Waals surface area contributed by atoms with Crippen LogP contribution in [0.4, 0.5) is 5.88 Å². The second-order valence-electron chi connectivity index (χ2n) is 7.74. The van der Waals surface area contributed by atoms with Gasteiger partial charge in [-0.05, 0) is 68.5 Å². The van der Waals surface area contributed by atoms with Crippen LogP contribution in [0.5, 0.6) is 0 Å². The van der Waals surface area contributed by atoms with Crippen molar-refractivity contribution >= 4 is 27.5 Å². The van der Waals surface area contributed by atoms with Crippen LogP contribution in [0.25, 0.3) is 0 Å². The van der Waals surface area contributed by atoms with E-state index in [0.29, 0.717) is 12.3 Å². The zero-order valence-electron chi connectivity index (χ0n) is 17.4. The van der Waals surface area contributed by atoms with E-state index >= 15 is 0 Å². The van der Waals surface area contributed by atoms with Gasteiger partial charge < -0.3 is 9.26 Å². The summed E-state index contributed by atoms with van der Waals surface area (Å²) in [5, 5.41) is 3.75. The summed E-state index contributed by atoms with van der Waals surface area (Å²) in [6, 6.07) is 6.99. The maximum absolute atomic E-state index is 12.9. The first-order valence-electron chi connectivity index (χ1n) is 9.48. The number of nitrogens with zero attached hydrogens (tertiary/aromatic N) is 2. The molecule has 0 atom stereocenters. The van der Waals surface area contributed by atoms with Gasteiger partial charge in [-0.3, -0.25) is 0 Å². The predicted molar refractivity (Wildman–Crippen MR) is 116 cm³/mol. The lowest BCUT2D eigenvalue weighted by Gasteiger charge is -2.18. The first-order valence-corrected chi connectivity index (χ1v) is 11.3. The molecule has 0 aliphatic carbocycles. The van der Waals surface area contributed by atoms with E-state index in [1.165, 1.54) is 18.3 Å². The summed E-state index contributed by atoms with van der Waals surface area (Å²) in [4.78, 5) is 4.08.